The van der Waals surface area contributed by atoms with Crippen LogP contribution in [0.1, 0.15) is 54.1 Å². The van der Waals surface area contributed by atoms with Crippen LogP contribution in [-0.4, -0.2) is 29.8 Å². The maximum Gasteiger partial charge on any atom is 0.179 e. The molecule has 1 aromatic rings. The molecule has 1 unspecified atom stereocenters. The first-order valence-electron chi connectivity index (χ1n) is 7.49. The SMILES string of the molecule is CCCC(C(=O)c1ccc(C)c(C)c1)N1CCCC1.Cl. The monoisotopic (exact) mass is 295 g/mol. The van der Waals surface area contributed by atoms with Crippen LogP contribution in [0.5, 0.6) is 0 Å². The number of ketones is 1. The molecule has 1 aliphatic rings. The van der Waals surface area contributed by atoms with Crippen molar-refractivity contribution in [3.8, 4) is 0 Å². The molecular formula is C17H26ClNO. The fraction of sp³-hybridized carbons (Fsp3) is 0.588. The molecule has 0 spiro atoms. The summed E-state index contributed by atoms with van der Waals surface area (Å²) in [6.45, 7) is 8.50. The minimum Gasteiger partial charge on any atom is -0.293 e. The molecule has 0 aliphatic carbocycles. The fourth-order valence-corrected chi connectivity index (χ4v) is 2.89. The largest absolute Gasteiger partial charge is 0.293 e. The Labute approximate surface area is 129 Å². The van der Waals surface area contributed by atoms with E-state index in [1.165, 1.54) is 24.0 Å². The van der Waals surface area contributed by atoms with Gasteiger partial charge in [-0.15, -0.1) is 12.4 Å². The van der Waals surface area contributed by atoms with Gasteiger partial charge in [0.15, 0.2) is 5.78 Å². The first-order valence-corrected chi connectivity index (χ1v) is 7.49. The highest BCUT2D eigenvalue weighted by Gasteiger charge is 2.28. The van der Waals surface area contributed by atoms with Crippen LogP contribution in [0.25, 0.3) is 0 Å². The van der Waals surface area contributed by atoms with Crippen LogP contribution in [0.15, 0.2) is 18.2 Å². The normalized spacial score (nSPS) is 16.8. The molecule has 0 radical (unpaired) electrons. The Kier molecular flexibility index (Phi) is 6.70. The molecule has 2 nitrogen and oxygen atoms in total. The van der Waals surface area contributed by atoms with Crippen molar-refractivity contribution in [1.82, 2.24) is 4.90 Å². The van der Waals surface area contributed by atoms with E-state index in [2.05, 4.69) is 37.8 Å². The lowest BCUT2D eigenvalue weighted by Crippen LogP contribution is -2.39. The average molecular weight is 296 g/mol. The maximum atomic E-state index is 12.7. The second kappa shape index (κ2) is 7.80. The standard InChI is InChI=1S/C17H25NO.ClH/c1-4-7-16(18-10-5-6-11-18)17(19)15-9-8-13(2)14(3)12-15;/h8-9,12,16H,4-7,10-11H2,1-3H3;1H. The highest BCUT2D eigenvalue weighted by molar-refractivity contribution is 6.00. The third-order valence-electron chi connectivity index (χ3n) is 4.24. The minimum atomic E-state index is 0. The number of carbonyl (C=O) groups excluding carboxylic acids is 1. The summed E-state index contributed by atoms with van der Waals surface area (Å²) < 4.78 is 0. The predicted octanol–water partition coefficient (Wildman–Crippen LogP) is 4.17. The van der Waals surface area contributed by atoms with Crippen LogP contribution < -0.4 is 0 Å². The van der Waals surface area contributed by atoms with Gasteiger partial charge < -0.3 is 0 Å². The van der Waals surface area contributed by atoms with Crippen molar-refractivity contribution in [2.24, 2.45) is 0 Å². The minimum absolute atomic E-state index is 0. The van der Waals surface area contributed by atoms with E-state index in [0.717, 1.165) is 31.5 Å². The number of halogens is 1. The van der Waals surface area contributed by atoms with E-state index in [0.29, 0.717) is 5.78 Å². The van der Waals surface area contributed by atoms with Gasteiger partial charge in [-0.3, -0.25) is 9.69 Å². The van der Waals surface area contributed by atoms with Gasteiger partial charge in [0.05, 0.1) is 6.04 Å². The summed E-state index contributed by atoms with van der Waals surface area (Å²) in [4.78, 5) is 15.1. The molecule has 1 aliphatic heterocycles. The molecule has 2 rings (SSSR count). The molecular weight excluding hydrogens is 270 g/mol. The smallest absolute Gasteiger partial charge is 0.179 e. The zero-order chi connectivity index (χ0) is 13.8. The van der Waals surface area contributed by atoms with Crippen LogP contribution >= 0.6 is 12.4 Å². The van der Waals surface area contributed by atoms with Gasteiger partial charge in [-0.05, 0) is 63.4 Å². The van der Waals surface area contributed by atoms with E-state index in [4.69, 9.17) is 0 Å². The summed E-state index contributed by atoms with van der Waals surface area (Å²) >= 11 is 0. The molecule has 1 heterocycles. The summed E-state index contributed by atoms with van der Waals surface area (Å²) in [7, 11) is 0. The number of Topliss-reactive ketones (excluding diaryl/α,β-unsaturated/α-hetero) is 1. The van der Waals surface area contributed by atoms with Gasteiger partial charge in [-0.1, -0.05) is 25.5 Å². The van der Waals surface area contributed by atoms with E-state index in [-0.39, 0.29) is 18.4 Å². The highest BCUT2D eigenvalue weighted by atomic mass is 35.5. The van der Waals surface area contributed by atoms with Crippen LogP contribution in [0, 0.1) is 13.8 Å². The first-order chi connectivity index (χ1) is 9.13. The summed E-state index contributed by atoms with van der Waals surface area (Å²) in [5.74, 6) is 0.312. The number of carbonyl (C=O) groups is 1. The molecule has 1 aromatic carbocycles. The number of rotatable bonds is 5. The van der Waals surface area contributed by atoms with Gasteiger partial charge in [0.1, 0.15) is 0 Å². The molecule has 0 aromatic heterocycles. The van der Waals surface area contributed by atoms with E-state index in [1.54, 1.807) is 0 Å². The number of benzene rings is 1. The highest BCUT2D eigenvalue weighted by Crippen LogP contribution is 2.20. The molecule has 0 N–H and O–H groups in total. The number of likely N-dealkylation sites (tertiary alicyclic amines) is 1. The number of hydrogen-bond acceptors (Lipinski definition) is 2. The Morgan fingerprint density at radius 3 is 2.40 bits per heavy atom. The van der Waals surface area contributed by atoms with Crippen molar-refractivity contribution in [3.05, 3.63) is 34.9 Å². The van der Waals surface area contributed by atoms with Crippen LogP contribution in [0.2, 0.25) is 0 Å². The molecule has 3 heteroatoms. The van der Waals surface area contributed by atoms with Crippen molar-refractivity contribution in [3.63, 3.8) is 0 Å². The van der Waals surface area contributed by atoms with Crippen LogP contribution in [0.3, 0.4) is 0 Å². The Hall–Kier alpha value is -0.860. The zero-order valence-electron chi connectivity index (χ0n) is 12.8. The third-order valence-corrected chi connectivity index (χ3v) is 4.24. The van der Waals surface area contributed by atoms with Crippen molar-refractivity contribution < 1.29 is 4.79 Å². The first kappa shape index (κ1) is 17.2. The topological polar surface area (TPSA) is 20.3 Å². The molecule has 0 saturated carbocycles. The summed E-state index contributed by atoms with van der Waals surface area (Å²) in [5, 5.41) is 0. The van der Waals surface area contributed by atoms with Crippen LogP contribution in [-0.2, 0) is 0 Å². The van der Waals surface area contributed by atoms with Gasteiger partial charge >= 0.3 is 0 Å². The zero-order valence-corrected chi connectivity index (χ0v) is 13.6. The fourth-order valence-electron chi connectivity index (χ4n) is 2.89. The summed E-state index contributed by atoms with van der Waals surface area (Å²) in [5.41, 5.74) is 3.35. The Balaban J connectivity index is 0.00000200. The Morgan fingerprint density at radius 1 is 1.20 bits per heavy atom. The quantitative estimate of drug-likeness (QED) is 0.760. The summed E-state index contributed by atoms with van der Waals surface area (Å²) in [6.07, 6.45) is 4.52. The number of nitrogens with zero attached hydrogens (tertiary/aromatic N) is 1. The maximum absolute atomic E-state index is 12.7. The van der Waals surface area contributed by atoms with Crippen molar-refractivity contribution >= 4 is 18.2 Å². The molecule has 20 heavy (non-hydrogen) atoms. The third kappa shape index (κ3) is 3.83. The number of hydrogen-bond donors (Lipinski definition) is 0. The van der Waals surface area contributed by atoms with Gasteiger partial charge in [-0.2, -0.15) is 0 Å². The van der Waals surface area contributed by atoms with Crippen molar-refractivity contribution in [2.45, 2.75) is 52.5 Å². The van der Waals surface area contributed by atoms with Gasteiger partial charge in [0, 0.05) is 5.56 Å². The van der Waals surface area contributed by atoms with Gasteiger partial charge in [-0.25, -0.2) is 0 Å². The van der Waals surface area contributed by atoms with E-state index >= 15 is 0 Å². The van der Waals surface area contributed by atoms with E-state index in [9.17, 15) is 4.79 Å². The van der Waals surface area contributed by atoms with E-state index < -0.39 is 0 Å². The molecule has 1 atom stereocenters. The van der Waals surface area contributed by atoms with Crippen molar-refractivity contribution in [2.75, 3.05) is 13.1 Å². The molecule has 0 bridgehead atoms. The Bertz CT molecular complexity index is 452. The van der Waals surface area contributed by atoms with E-state index in [1.807, 2.05) is 6.07 Å². The Morgan fingerprint density at radius 2 is 1.85 bits per heavy atom. The lowest BCUT2D eigenvalue weighted by molar-refractivity contribution is 0.0837. The average Bonchev–Trinajstić information content (AvgIpc) is 2.92. The summed E-state index contributed by atoms with van der Waals surface area (Å²) in [6, 6.07) is 6.20. The second-order valence-electron chi connectivity index (χ2n) is 5.71. The van der Waals surface area contributed by atoms with Gasteiger partial charge in [0.2, 0.25) is 0 Å². The van der Waals surface area contributed by atoms with Crippen LogP contribution in [0.4, 0.5) is 0 Å². The van der Waals surface area contributed by atoms with Crippen molar-refractivity contribution in [1.29, 1.82) is 0 Å². The lowest BCUT2D eigenvalue weighted by Gasteiger charge is -2.26. The van der Waals surface area contributed by atoms with Gasteiger partial charge in [0.25, 0.3) is 0 Å². The molecule has 1 saturated heterocycles. The molecule has 1 fully saturated rings. The second-order valence-corrected chi connectivity index (χ2v) is 5.71. The number of aryl methyl sites for hydroxylation is 2. The molecule has 112 valence electrons. The molecule has 0 amide bonds. The predicted molar refractivity (Wildman–Crippen MR) is 87.0 cm³/mol. The lowest BCUT2D eigenvalue weighted by atomic mass is 9.96.